The fraction of sp³-hybridized carbons (Fsp3) is 1.00. The minimum absolute atomic E-state index is 0.136. The Kier molecular flexibility index (Phi) is 3.79. The van der Waals surface area contributed by atoms with E-state index in [1.165, 1.54) is 0 Å². The molecule has 1 rings (SSSR count). The van der Waals surface area contributed by atoms with Gasteiger partial charge in [0.15, 0.2) is 9.84 Å². The zero-order chi connectivity index (χ0) is 11.7. The maximum absolute atomic E-state index is 11.3. The van der Waals surface area contributed by atoms with Gasteiger partial charge in [-0.25, -0.2) is 8.42 Å². The van der Waals surface area contributed by atoms with Gasteiger partial charge in [-0.2, -0.15) is 0 Å². The van der Waals surface area contributed by atoms with Crippen molar-refractivity contribution in [1.82, 2.24) is 4.90 Å². The topological polar surface area (TPSA) is 57.6 Å². The second-order valence-corrected chi connectivity index (χ2v) is 7.33. The molecule has 1 heterocycles. The van der Waals surface area contributed by atoms with Crippen LogP contribution in [0, 0.1) is 0 Å². The van der Waals surface area contributed by atoms with Gasteiger partial charge < -0.3 is 10.0 Å². The summed E-state index contributed by atoms with van der Waals surface area (Å²) in [6, 6.07) is 0.136. The highest BCUT2D eigenvalue weighted by molar-refractivity contribution is 7.91. The summed E-state index contributed by atoms with van der Waals surface area (Å²) in [7, 11) is -0.871. The predicted octanol–water partition coefficient (Wildman–Crippen LogP) is 0.266. The van der Waals surface area contributed by atoms with Crippen LogP contribution in [0.25, 0.3) is 0 Å². The molecule has 0 aromatic heterocycles. The molecule has 0 aromatic carbocycles. The molecule has 0 amide bonds. The molecule has 1 atom stereocenters. The van der Waals surface area contributed by atoms with E-state index in [1.807, 2.05) is 11.9 Å². The summed E-state index contributed by atoms with van der Waals surface area (Å²) in [5.74, 6) is 0.583. The second kappa shape index (κ2) is 4.39. The lowest BCUT2D eigenvalue weighted by molar-refractivity contribution is 0.0569. The van der Waals surface area contributed by atoms with Crippen LogP contribution in [-0.4, -0.2) is 55.2 Å². The number of rotatable bonds is 4. The van der Waals surface area contributed by atoms with Gasteiger partial charge in [-0.05, 0) is 33.7 Å². The fourth-order valence-electron chi connectivity index (χ4n) is 1.76. The smallest absolute Gasteiger partial charge is 0.151 e. The van der Waals surface area contributed by atoms with Crippen molar-refractivity contribution in [2.45, 2.75) is 38.3 Å². The summed E-state index contributed by atoms with van der Waals surface area (Å²) in [4.78, 5) is 2.04. The molecule has 1 aliphatic rings. The van der Waals surface area contributed by atoms with E-state index in [0.29, 0.717) is 12.2 Å². The number of aliphatic hydroxyl groups is 1. The Labute approximate surface area is 92.2 Å². The highest BCUT2D eigenvalue weighted by Gasteiger charge is 2.30. The average molecular weight is 235 g/mol. The van der Waals surface area contributed by atoms with Gasteiger partial charge in [-0.1, -0.05) is 0 Å². The monoisotopic (exact) mass is 235 g/mol. The quantitative estimate of drug-likeness (QED) is 0.760. The van der Waals surface area contributed by atoms with Crippen LogP contribution in [0.15, 0.2) is 0 Å². The molecular formula is C10H21NO3S. The molecule has 1 N–H and O–H groups in total. The van der Waals surface area contributed by atoms with Gasteiger partial charge in [0.1, 0.15) is 0 Å². The molecule has 0 radical (unpaired) electrons. The van der Waals surface area contributed by atoms with Crippen LogP contribution in [0.3, 0.4) is 0 Å². The van der Waals surface area contributed by atoms with Crippen molar-refractivity contribution in [1.29, 1.82) is 0 Å². The second-order valence-electron chi connectivity index (χ2n) is 5.10. The molecule has 90 valence electrons. The molecule has 0 aliphatic carbocycles. The van der Waals surface area contributed by atoms with E-state index < -0.39 is 15.4 Å². The Morgan fingerprint density at radius 2 is 2.07 bits per heavy atom. The summed E-state index contributed by atoms with van der Waals surface area (Å²) in [5, 5.41) is 9.57. The molecule has 1 saturated heterocycles. The van der Waals surface area contributed by atoms with Gasteiger partial charge in [-0.15, -0.1) is 0 Å². The highest BCUT2D eigenvalue weighted by atomic mass is 32.2. The van der Waals surface area contributed by atoms with Crippen molar-refractivity contribution >= 4 is 9.84 Å². The van der Waals surface area contributed by atoms with E-state index in [4.69, 9.17) is 0 Å². The third kappa shape index (κ3) is 4.49. The molecular weight excluding hydrogens is 214 g/mol. The average Bonchev–Trinajstić information content (AvgIpc) is 2.40. The van der Waals surface area contributed by atoms with E-state index in [0.717, 1.165) is 13.0 Å². The summed E-state index contributed by atoms with van der Waals surface area (Å²) in [6.45, 7) is 4.28. The third-order valence-electron chi connectivity index (χ3n) is 2.91. The summed E-state index contributed by atoms with van der Waals surface area (Å²) >= 11 is 0. The number of sulfone groups is 1. The standard InChI is InChI=1S/C10H21NO3S/c1-10(2,12)5-6-11(3)9-4-7-15(13,14)8-9/h9,12H,4-8H2,1-3H3. The van der Waals surface area contributed by atoms with Gasteiger partial charge in [0, 0.05) is 12.6 Å². The first-order chi connectivity index (χ1) is 6.70. The molecule has 5 heteroatoms. The zero-order valence-electron chi connectivity index (χ0n) is 9.73. The maximum atomic E-state index is 11.3. The van der Waals surface area contributed by atoms with E-state index >= 15 is 0 Å². The van der Waals surface area contributed by atoms with Crippen LogP contribution in [0.1, 0.15) is 26.7 Å². The number of hydrogen-bond donors (Lipinski definition) is 1. The Hall–Kier alpha value is -0.130. The molecule has 4 nitrogen and oxygen atoms in total. The van der Waals surface area contributed by atoms with Crippen LogP contribution >= 0.6 is 0 Å². The Morgan fingerprint density at radius 3 is 2.47 bits per heavy atom. The van der Waals surface area contributed by atoms with E-state index in [1.54, 1.807) is 13.8 Å². The van der Waals surface area contributed by atoms with Crippen molar-refractivity contribution < 1.29 is 13.5 Å². The van der Waals surface area contributed by atoms with Crippen molar-refractivity contribution in [2.75, 3.05) is 25.1 Å². The minimum atomic E-state index is -2.80. The van der Waals surface area contributed by atoms with Crippen molar-refractivity contribution in [3.05, 3.63) is 0 Å². The largest absolute Gasteiger partial charge is 0.390 e. The summed E-state index contributed by atoms with van der Waals surface area (Å²) < 4.78 is 22.5. The lowest BCUT2D eigenvalue weighted by Crippen LogP contribution is -2.36. The van der Waals surface area contributed by atoms with Crippen LogP contribution in [0.4, 0.5) is 0 Å². The normalized spacial score (nSPS) is 26.1. The van der Waals surface area contributed by atoms with Crippen LogP contribution < -0.4 is 0 Å². The number of nitrogens with zero attached hydrogens (tertiary/aromatic N) is 1. The SMILES string of the molecule is CN(CCC(C)(C)O)C1CCS(=O)(=O)C1. The lowest BCUT2D eigenvalue weighted by Gasteiger charge is -2.26. The van der Waals surface area contributed by atoms with Crippen LogP contribution in [0.2, 0.25) is 0 Å². The minimum Gasteiger partial charge on any atom is -0.390 e. The van der Waals surface area contributed by atoms with Crippen molar-refractivity contribution in [3.63, 3.8) is 0 Å². The molecule has 15 heavy (non-hydrogen) atoms. The Morgan fingerprint density at radius 1 is 1.47 bits per heavy atom. The molecule has 1 aliphatic heterocycles. The van der Waals surface area contributed by atoms with E-state index in [-0.39, 0.29) is 11.8 Å². The Bertz CT molecular complexity index is 305. The predicted molar refractivity (Wildman–Crippen MR) is 60.6 cm³/mol. The molecule has 0 spiro atoms. The first-order valence-electron chi connectivity index (χ1n) is 5.33. The molecule has 0 saturated carbocycles. The van der Waals surface area contributed by atoms with E-state index in [2.05, 4.69) is 0 Å². The Balaban J connectivity index is 2.39. The zero-order valence-corrected chi connectivity index (χ0v) is 10.5. The van der Waals surface area contributed by atoms with Crippen molar-refractivity contribution in [3.8, 4) is 0 Å². The van der Waals surface area contributed by atoms with Crippen LogP contribution in [-0.2, 0) is 9.84 Å². The third-order valence-corrected chi connectivity index (χ3v) is 4.66. The van der Waals surface area contributed by atoms with Gasteiger partial charge in [0.25, 0.3) is 0 Å². The van der Waals surface area contributed by atoms with Gasteiger partial charge in [0.2, 0.25) is 0 Å². The first kappa shape index (κ1) is 12.9. The highest BCUT2D eigenvalue weighted by Crippen LogP contribution is 2.18. The first-order valence-corrected chi connectivity index (χ1v) is 7.15. The van der Waals surface area contributed by atoms with E-state index in [9.17, 15) is 13.5 Å². The maximum Gasteiger partial charge on any atom is 0.151 e. The number of hydrogen-bond acceptors (Lipinski definition) is 4. The van der Waals surface area contributed by atoms with Crippen molar-refractivity contribution in [2.24, 2.45) is 0 Å². The molecule has 1 unspecified atom stereocenters. The molecule has 0 aromatic rings. The van der Waals surface area contributed by atoms with Gasteiger partial charge >= 0.3 is 0 Å². The van der Waals surface area contributed by atoms with Gasteiger partial charge in [0.05, 0.1) is 17.1 Å². The molecule has 0 bridgehead atoms. The van der Waals surface area contributed by atoms with Crippen LogP contribution in [0.5, 0.6) is 0 Å². The van der Waals surface area contributed by atoms with Gasteiger partial charge in [-0.3, -0.25) is 0 Å². The molecule has 1 fully saturated rings. The lowest BCUT2D eigenvalue weighted by atomic mass is 10.1. The summed E-state index contributed by atoms with van der Waals surface area (Å²) in [5.41, 5.74) is -0.675. The fourth-order valence-corrected chi connectivity index (χ4v) is 3.56. The summed E-state index contributed by atoms with van der Waals surface area (Å²) in [6.07, 6.45) is 1.39.